The zero-order valence-electron chi connectivity index (χ0n) is 24.7. The van der Waals surface area contributed by atoms with Gasteiger partial charge in [-0.3, -0.25) is 4.79 Å². The van der Waals surface area contributed by atoms with Crippen LogP contribution in [0.2, 0.25) is 0 Å². The van der Waals surface area contributed by atoms with Crippen LogP contribution < -0.4 is 5.32 Å². The Morgan fingerprint density at radius 2 is 1.70 bits per heavy atom. The first-order valence-electron chi connectivity index (χ1n) is 14.3. The molecule has 1 saturated heterocycles. The van der Waals surface area contributed by atoms with E-state index in [1.54, 1.807) is 36.1 Å². The first-order valence-corrected chi connectivity index (χ1v) is 14.3. The van der Waals surface area contributed by atoms with E-state index in [9.17, 15) is 27.9 Å². The molecule has 1 aliphatic heterocycles. The van der Waals surface area contributed by atoms with Crippen molar-refractivity contribution in [2.24, 2.45) is 0 Å². The zero-order valence-corrected chi connectivity index (χ0v) is 24.7. The highest BCUT2D eigenvalue weighted by Gasteiger charge is 2.35. The van der Waals surface area contributed by atoms with Gasteiger partial charge < -0.3 is 20.1 Å². The number of hydrogen-bond acceptors (Lipinski definition) is 6. The van der Waals surface area contributed by atoms with Crippen LogP contribution in [0.1, 0.15) is 80.3 Å². The molecular weight excluding hydrogens is 561 g/mol. The first-order chi connectivity index (χ1) is 20.2. The number of hydrogen-bond donors (Lipinski definition) is 2. The summed E-state index contributed by atoms with van der Waals surface area (Å²) < 4.78 is 46.9. The second kappa shape index (κ2) is 13.0. The van der Waals surface area contributed by atoms with Crippen LogP contribution in [0.25, 0.3) is 0 Å². The average Bonchev–Trinajstić information content (AvgIpc) is 2.95. The molecule has 1 atom stereocenters. The largest absolute Gasteiger partial charge is 0.481 e. The van der Waals surface area contributed by atoms with Gasteiger partial charge in [0.05, 0.1) is 17.2 Å². The number of rotatable bonds is 8. The summed E-state index contributed by atoms with van der Waals surface area (Å²) >= 11 is 0. The lowest BCUT2D eigenvalue weighted by Gasteiger charge is -2.33. The van der Waals surface area contributed by atoms with Crippen LogP contribution in [0.15, 0.2) is 54.7 Å². The van der Waals surface area contributed by atoms with Crippen molar-refractivity contribution in [1.82, 2.24) is 14.9 Å². The molecule has 3 aromatic rings. The predicted octanol–water partition coefficient (Wildman–Crippen LogP) is 7.33. The van der Waals surface area contributed by atoms with Gasteiger partial charge in [-0.05, 0) is 88.1 Å². The number of carboxylic acids is 1. The van der Waals surface area contributed by atoms with Gasteiger partial charge in [-0.15, -0.1) is 0 Å². The maximum absolute atomic E-state index is 13.8. The van der Waals surface area contributed by atoms with Crippen molar-refractivity contribution in [3.8, 4) is 0 Å². The molecule has 1 fully saturated rings. The molecule has 4 rings (SSSR count). The number of aliphatic carboxylic acids is 1. The highest BCUT2D eigenvalue weighted by Crippen LogP contribution is 2.33. The molecule has 2 heterocycles. The molecule has 0 bridgehead atoms. The molecule has 11 heteroatoms. The molecule has 2 N–H and O–H groups in total. The predicted molar refractivity (Wildman–Crippen MR) is 156 cm³/mol. The van der Waals surface area contributed by atoms with Crippen molar-refractivity contribution in [2.45, 2.75) is 77.0 Å². The standard InChI is InChI=1S/C32H37F3N4O4/c1-20(28(40)41)25-8-6-5-7-23(25)11-14-27-26(32(33,34)35)19-36-29(38-27)37-24-12-9-21(10-13-24)22-15-17-39(18-16-22)30(42)43-31(2,3)4/h5-10,12-13,19-20,22H,11,14-18H2,1-4H3,(H,40,41)(H,36,37,38). The number of halogens is 3. The average molecular weight is 599 g/mol. The molecule has 8 nitrogen and oxygen atoms in total. The summed E-state index contributed by atoms with van der Waals surface area (Å²) in [6.07, 6.45) is -2.42. The molecule has 1 aliphatic rings. The molecule has 43 heavy (non-hydrogen) atoms. The van der Waals surface area contributed by atoms with Crippen LogP contribution in [0.4, 0.5) is 29.6 Å². The summed E-state index contributed by atoms with van der Waals surface area (Å²) in [6.45, 7) is 8.27. The van der Waals surface area contributed by atoms with E-state index in [4.69, 9.17) is 4.74 Å². The third kappa shape index (κ3) is 8.46. The topological polar surface area (TPSA) is 105 Å². The number of amides is 1. The Kier molecular flexibility index (Phi) is 9.62. The fraction of sp³-hybridized carbons (Fsp3) is 0.438. The van der Waals surface area contributed by atoms with Gasteiger partial charge in [-0.2, -0.15) is 13.2 Å². The molecular formula is C32H37F3N4O4. The van der Waals surface area contributed by atoms with Gasteiger partial charge in [0.1, 0.15) is 5.60 Å². The zero-order chi connectivity index (χ0) is 31.4. The van der Waals surface area contributed by atoms with Crippen LogP contribution in [0.3, 0.4) is 0 Å². The number of aromatic nitrogens is 2. The lowest BCUT2D eigenvalue weighted by Crippen LogP contribution is -2.41. The number of aryl methyl sites for hydroxylation is 2. The quantitative estimate of drug-likeness (QED) is 0.280. The Morgan fingerprint density at radius 3 is 2.30 bits per heavy atom. The fourth-order valence-electron chi connectivity index (χ4n) is 5.16. The van der Waals surface area contributed by atoms with Gasteiger partial charge in [0, 0.05) is 25.0 Å². The van der Waals surface area contributed by atoms with E-state index >= 15 is 0 Å². The van der Waals surface area contributed by atoms with E-state index in [1.807, 2.05) is 45.0 Å². The summed E-state index contributed by atoms with van der Waals surface area (Å²) in [5.74, 6) is -1.49. The van der Waals surface area contributed by atoms with E-state index in [0.29, 0.717) is 29.9 Å². The van der Waals surface area contributed by atoms with Crippen molar-refractivity contribution in [3.63, 3.8) is 0 Å². The van der Waals surface area contributed by atoms with Crippen molar-refractivity contribution in [3.05, 3.63) is 82.7 Å². The van der Waals surface area contributed by atoms with E-state index in [0.717, 1.165) is 24.6 Å². The smallest absolute Gasteiger partial charge is 0.419 e. The minimum atomic E-state index is -4.64. The van der Waals surface area contributed by atoms with Crippen LogP contribution in [0, 0.1) is 0 Å². The van der Waals surface area contributed by atoms with E-state index in [1.165, 1.54) is 0 Å². The summed E-state index contributed by atoms with van der Waals surface area (Å²) in [6, 6.07) is 14.4. The van der Waals surface area contributed by atoms with Crippen molar-refractivity contribution in [2.75, 3.05) is 18.4 Å². The first kappa shape index (κ1) is 31.8. The molecule has 0 saturated carbocycles. The Hall–Kier alpha value is -4.15. The van der Waals surface area contributed by atoms with Crippen LogP contribution in [-0.4, -0.2) is 50.7 Å². The van der Waals surface area contributed by atoms with E-state index in [-0.39, 0.29) is 36.5 Å². The minimum Gasteiger partial charge on any atom is -0.481 e. The van der Waals surface area contributed by atoms with Crippen LogP contribution in [0.5, 0.6) is 0 Å². The molecule has 0 spiro atoms. The number of carbonyl (C=O) groups is 2. The summed E-state index contributed by atoms with van der Waals surface area (Å²) in [5, 5.41) is 12.4. The van der Waals surface area contributed by atoms with Gasteiger partial charge in [-0.1, -0.05) is 36.4 Å². The number of benzene rings is 2. The lowest BCUT2D eigenvalue weighted by molar-refractivity contribution is -0.139. The van der Waals surface area contributed by atoms with Gasteiger partial charge in [0.2, 0.25) is 5.95 Å². The number of alkyl halides is 3. The van der Waals surface area contributed by atoms with Gasteiger partial charge in [0.25, 0.3) is 0 Å². The summed E-state index contributed by atoms with van der Waals surface area (Å²) in [4.78, 5) is 33.7. The second-order valence-electron chi connectivity index (χ2n) is 11.8. The molecule has 1 aromatic heterocycles. The summed E-state index contributed by atoms with van der Waals surface area (Å²) in [7, 11) is 0. The fourth-order valence-corrected chi connectivity index (χ4v) is 5.16. The van der Waals surface area contributed by atoms with Gasteiger partial charge in [-0.25, -0.2) is 14.8 Å². The highest BCUT2D eigenvalue weighted by molar-refractivity contribution is 5.76. The van der Waals surface area contributed by atoms with Gasteiger partial charge in [0.15, 0.2) is 0 Å². The monoisotopic (exact) mass is 598 g/mol. The second-order valence-corrected chi connectivity index (χ2v) is 11.8. The van der Waals surface area contributed by atoms with Crippen molar-refractivity contribution < 1.29 is 32.6 Å². The Balaban J connectivity index is 1.43. The Morgan fingerprint density at radius 1 is 1.05 bits per heavy atom. The van der Waals surface area contributed by atoms with Crippen LogP contribution >= 0.6 is 0 Å². The number of nitrogens with zero attached hydrogens (tertiary/aromatic N) is 3. The maximum Gasteiger partial charge on any atom is 0.419 e. The molecule has 1 amide bonds. The highest BCUT2D eigenvalue weighted by atomic mass is 19.4. The molecule has 230 valence electrons. The van der Waals surface area contributed by atoms with E-state index < -0.39 is 29.2 Å². The molecule has 0 radical (unpaired) electrons. The third-order valence-corrected chi connectivity index (χ3v) is 7.48. The molecule has 0 aliphatic carbocycles. The summed E-state index contributed by atoms with van der Waals surface area (Å²) in [5.41, 5.74) is 1.32. The number of ether oxygens (including phenoxy) is 1. The number of piperidine rings is 1. The van der Waals surface area contributed by atoms with E-state index in [2.05, 4.69) is 15.3 Å². The van der Waals surface area contributed by atoms with Crippen molar-refractivity contribution in [1.29, 1.82) is 0 Å². The lowest BCUT2D eigenvalue weighted by atomic mass is 9.89. The number of likely N-dealkylation sites (tertiary alicyclic amines) is 1. The maximum atomic E-state index is 13.8. The van der Waals surface area contributed by atoms with Crippen molar-refractivity contribution >= 4 is 23.7 Å². The van der Waals surface area contributed by atoms with Crippen LogP contribution in [-0.2, 0) is 28.5 Å². The Bertz CT molecular complexity index is 1430. The normalized spacial score (nSPS) is 15.2. The number of anilines is 2. The number of carboxylic acid groups (broad SMARTS) is 1. The number of carbonyl (C=O) groups excluding carboxylic acids is 1. The van der Waals surface area contributed by atoms with Gasteiger partial charge >= 0.3 is 18.2 Å². The third-order valence-electron chi connectivity index (χ3n) is 7.48. The molecule has 2 aromatic carbocycles. The minimum absolute atomic E-state index is 0.0357. The molecule has 1 unspecified atom stereocenters. The Labute approximate surface area is 249 Å². The SMILES string of the molecule is CC(C(=O)O)c1ccccc1CCc1nc(Nc2ccc(C3CCN(C(=O)OC(C)(C)C)CC3)cc2)ncc1C(F)(F)F. The number of nitrogens with one attached hydrogen (secondary N) is 1.